The summed E-state index contributed by atoms with van der Waals surface area (Å²) in [6.45, 7) is 3.56. The molecule has 2 aromatic carbocycles. The normalized spacial score (nSPS) is 13.3. The van der Waals surface area contributed by atoms with Crippen LogP contribution in [0.3, 0.4) is 0 Å². The predicted octanol–water partition coefficient (Wildman–Crippen LogP) is 3.61. The highest BCUT2D eigenvalue weighted by atomic mass is 19.2. The third kappa shape index (κ3) is 5.50. The van der Waals surface area contributed by atoms with Crippen LogP contribution in [-0.4, -0.2) is 49.2 Å². The molecule has 0 aliphatic heterocycles. The van der Waals surface area contributed by atoms with Gasteiger partial charge in [-0.1, -0.05) is 6.07 Å². The Morgan fingerprint density at radius 1 is 1.14 bits per heavy atom. The van der Waals surface area contributed by atoms with E-state index in [9.17, 15) is 18.7 Å². The van der Waals surface area contributed by atoms with E-state index in [0.717, 1.165) is 12.1 Å². The van der Waals surface area contributed by atoms with Gasteiger partial charge in [0.15, 0.2) is 28.9 Å². The van der Waals surface area contributed by atoms with Gasteiger partial charge in [-0.3, -0.25) is 9.69 Å². The molecule has 152 valence electrons. The SMILES string of the molecule is COc1cc(C(C)=O)ccc1OC[C@@H](O)CN(C)[C@@H](C)c1ccc(F)c(F)c1. The first-order valence-corrected chi connectivity index (χ1v) is 8.88. The van der Waals surface area contributed by atoms with Gasteiger partial charge < -0.3 is 14.6 Å². The minimum absolute atomic E-state index is 0.00458. The van der Waals surface area contributed by atoms with E-state index in [2.05, 4.69) is 0 Å². The number of hydrogen-bond acceptors (Lipinski definition) is 5. The highest BCUT2D eigenvalue weighted by Gasteiger charge is 2.18. The number of hydrogen-bond donors (Lipinski definition) is 1. The smallest absolute Gasteiger partial charge is 0.161 e. The lowest BCUT2D eigenvalue weighted by Gasteiger charge is -2.27. The molecule has 0 saturated heterocycles. The first kappa shape index (κ1) is 21.8. The quantitative estimate of drug-likeness (QED) is 0.660. The second-order valence-electron chi connectivity index (χ2n) is 6.68. The first-order chi connectivity index (χ1) is 13.2. The molecule has 2 aromatic rings. The van der Waals surface area contributed by atoms with Gasteiger partial charge in [0.2, 0.25) is 0 Å². The van der Waals surface area contributed by atoms with Gasteiger partial charge in [0.25, 0.3) is 0 Å². The van der Waals surface area contributed by atoms with Crippen molar-refractivity contribution in [2.75, 3.05) is 27.3 Å². The van der Waals surface area contributed by atoms with Gasteiger partial charge in [-0.25, -0.2) is 8.78 Å². The zero-order valence-electron chi connectivity index (χ0n) is 16.4. The summed E-state index contributed by atoms with van der Waals surface area (Å²) in [5.41, 5.74) is 1.11. The lowest BCUT2D eigenvalue weighted by molar-refractivity contribution is 0.0643. The van der Waals surface area contributed by atoms with E-state index in [1.807, 2.05) is 11.8 Å². The number of carbonyl (C=O) groups is 1. The van der Waals surface area contributed by atoms with Crippen molar-refractivity contribution < 1.29 is 28.2 Å². The summed E-state index contributed by atoms with van der Waals surface area (Å²) in [6.07, 6.45) is -0.824. The standard InChI is InChI=1S/C21H25F2NO4/c1-13(15-5-7-18(22)19(23)9-15)24(3)11-17(26)12-28-20-8-6-16(14(2)25)10-21(20)27-4/h5-10,13,17,26H,11-12H2,1-4H3/t13-,17-/m0/s1. The van der Waals surface area contributed by atoms with E-state index in [0.29, 0.717) is 22.6 Å². The molecule has 0 aliphatic rings. The summed E-state index contributed by atoms with van der Waals surface area (Å²) in [7, 11) is 3.25. The van der Waals surface area contributed by atoms with E-state index in [1.165, 1.54) is 20.1 Å². The minimum atomic E-state index is -0.900. The van der Waals surface area contributed by atoms with Crippen LogP contribution < -0.4 is 9.47 Å². The Labute approximate surface area is 163 Å². The minimum Gasteiger partial charge on any atom is -0.493 e. The number of ketones is 1. The van der Waals surface area contributed by atoms with Gasteiger partial charge in [-0.05, 0) is 56.8 Å². The molecule has 0 bridgehead atoms. The number of likely N-dealkylation sites (N-methyl/N-ethyl adjacent to an activating group) is 1. The Morgan fingerprint density at radius 3 is 2.46 bits per heavy atom. The van der Waals surface area contributed by atoms with E-state index >= 15 is 0 Å². The van der Waals surface area contributed by atoms with E-state index in [4.69, 9.17) is 9.47 Å². The first-order valence-electron chi connectivity index (χ1n) is 8.88. The number of aliphatic hydroxyl groups excluding tert-OH is 1. The van der Waals surface area contributed by atoms with Crippen molar-refractivity contribution in [1.82, 2.24) is 4.90 Å². The van der Waals surface area contributed by atoms with Crippen LogP contribution in [0, 0.1) is 11.6 Å². The molecule has 28 heavy (non-hydrogen) atoms. The van der Waals surface area contributed by atoms with Crippen molar-refractivity contribution in [3.8, 4) is 11.5 Å². The van der Waals surface area contributed by atoms with Crippen molar-refractivity contribution in [3.05, 3.63) is 59.2 Å². The molecule has 7 heteroatoms. The Morgan fingerprint density at radius 2 is 1.86 bits per heavy atom. The average molecular weight is 393 g/mol. The lowest BCUT2D eigenvalue weighted by Crippen LogP contribution is -2.34. The molecule has 0 saturated carbocycles. The third-order valence-corrected chi connectivity index (χ3v) is 4.59. The van der Waals surface area contributed by atoms with Crippen LogP contribution in [0.15, 0.2) is 36.4 Å². The molecule has 0 spiro atoms. The number of methoxy groups -OCH3 is 1. The van der Waals surface area contributed by atoms with Crippen LogP contribution in [-0.2, 0) is 0 Å². The molecule has 0 heterocycles. The Bertz CT molecular complexity index is 828. The number of aliphatic hydroxyl groups is 1. The fourth-order valence-corrected chi connectivity index (χ4v) is 2.76. The zero-order valence-corrected chi connectivity index (χ0v) is 16.4. The van der Waals surface area contributed by atoms with Crippen molar-refractivity contribution in [2.24, 2.45) is 0 Å². The van der Waals surface area contributed by atoms with E-state index in [-0.39, 0.29) is 25.0 Å². The number of carbonyl (C=O) groups excluding carboxylic acids is 1. The Hall–Kier alpha value is -2.51. The second kappa shape index (κ2) is 9.61. The van der Waals surface area contributed by atoms with Crippen LogP contribution in [0.5, 0.6) is 11.5 Å². The molecule has 0 aromatic heterocycles. The molecule has 5 nitrogen and oxygen atoms in total. The maximum Gasteiger partial charge on any atom is 0.161 e. The fraction of sp³-hybridized carbons (Fsp3) is 0.381. The summed E-state index contributed by atoms with van der Waals surface area (Å²) in [6, 6.07) is 8.37. The highest BCUT2D eigenvalue weighted by Crippen LogP contribution is 2.28. The second-order valence-corrected chi connectivity index (χ2v) is 6.68. The summed E-state index contributed by atoms with van der Waals surface area (Å²) in [4.78, 5) is 13.3. The highest BCUT2D eigenvalue weighted by molar-refractivity contribution is 5.94. The number of benzene rings is 2. The molecule has 2 atom stereocenters. The molecular weight excluding hydrogens is 368 g/mol. The molecule has 0 unspecified atom stereocenters. The number of halogens is 2. The average Bonchev–Trinajstić information content (AvgIpc) is 2.67. The Balaban J connectivity index is 1.95. The molecular formula is C21H25F2NO4. The van der Waals surface area contributed by atoms with Crippen LogP contribution >= 0.6 is 0 Å². The maximum absolute atomic E-state index is 13.4. The maximum atomic E-state index is 13.4. The van der Waals surface area contributed by atoms with Crippen LogP contribution in [0.4, 0.5) is 8.78 Å². The van der Waals surface area contributed by atoms with Gasteiger partial charge in [0, 0.05) is 18.2 Å². The summed E-state index contributed by atoms with van der Waals surface area (Å²) in [5.74, 6) is -1.05. The van der Waals surface area contributed by atoms with Gasteiger partial charge >= 0.3 is 0 Å². The predicted molar refractivity (Wildman–Crippen MR) is 102 cm³/mol. The summed E-state index contributed by atoms with van der Waals surface area (Å²) >= 11 is 0. The van der Waals surface area contributed by atoms with Gasteiger partial charge in [-0.15, -0.1) is 0 Å². The molecule has 1 N–H and O–H groups in total. The Kier molecular flexibility index (Phi) is 7.48. The zero-order chi connectivity index (χ0) is 20.8. The molecule has 0 aliphatic carbocycles. The van der Waals surface area contributed by atoms with E-state index < -0.39 is 17.7 Å². The number of rotatable bonds is 9. The lowest BCUT2D eigenvalue weighted by atomic mass is 10.1. The van der Waals surface area contributed by atoms with Gasteiger partial charge in [0.1, 0.15) is 12.7 Å². The topological polar surface area (TPSA) is 59.0 Å². The third-order valence-electron chi connectivity index (χ3n) is 4.59. The monoisotopic (exact) mass is 393 g/mol. The van der Waals surface area contributed by atoms with Crippen LogP contribution in [0.2, 0.25) is 0 Å². The van der Waals surface area contributed by atoms with Gasteiger partial charge in [-0.2, -0.15) is 0 Å². The van der Waals surface area contributed by atoms with Crippen molar-refractivity contribution in [2.45, 2.75) is 26.0 Å². The number of nitrogens with zero attached hydrogens (tertiary/aromatic N) is 1. The van der Waals surface area contributed by atoms with Crippen molar-refractivity contribution >= 4 is 5.78 Å². The molecule has 0 radical (unpaired) electrons. The van der Waals surface area contributed by atoms with Crippen LogP contribution in [0.25, 0.3) is 0 Å². The summed E-state index contributed by atoms with van der Waals surface area (Å²) in [5, 5.41) is 10.3. The number of Topliss-reactive ketones (excluding diaryl/α,β-unsaturated/α-hetero) is 1. The van der Waals surface area contributed by atoms with E-state index in [1.54, 1.807) is 25.2 Å². The molecule has 0 amide bonds. The summed E-state index contributed by atoms with van der Waals surface area (Å²) < 4.78 is 37.4. The van der Waals surface area contributed by atoms with Gasteiger partial charge in [0.05, 0.1) is 7.11 Å². The van der Waals surface area contributed by atoms with Crippen molar-refractivity contribution in [3.63, 3.8) is 0 Å². The largest absolute Gasteiger partial charge is 0.493 e. The van der Waals surface area contributed by atoms with Crippen LogP contribution in [0.1, 0.15) is 35.8 Å². The van der Waals surface area contributed by atoms with Crippen molar-refractivity contribution in [1.29, 1.82) is 0 Å². The molecule has 2 rings (SSSR count). The fourth-order valence-electron chi connectivity index (χ4n) is 2.76. The molecule has 0 fully saturated rings. The number of ether oxygens (including phenoxy) is 2.